The summed E-state index contributed by atoms with van der Waals surface area (Å²) in [4.78, 5) is 219. The first-order valence-corrected chi connectivity index (χ1v) is 42.1. The van der Waals surface area contributed by atoms with E-state index in [0.29, 0.717) is 55.9 Å². The number of hydrogen-bond acceptors (Lipinski definition) is 24. The van der Waals surface area contributed by atoms with E-state index < -0.39 is 210 Å². The number of carbonyl (C=O) groups is 15. The third-order valence-electron chi connectivity index (χ3n) is 19.6. The molecule has 38 nitrogen and oxygen atoms in total. The van der Waals surface area contributed by atoms with Gasteiger partial charge in [0.15, 0.2) is 0 Å². The molecule has 5 aromatic carbocycles. The second kappa shape index (κ2) is 49.6. The lowest BCUT2D eigenvalue weighted by Gasteiger charge is -2.29. The molecule has 1 aliphatic heterocycles. The number of carboxylic acids is 1. The maximum Gasteiger partial charge on any atom is 0.327 e. The van der Waals surface area contributed by atoms with Gasteiger partial charge in [-0.15, -0.1) is 0 Å². The number of aliphatic hydroxyl groups is 3. The molecule has 14 amide bonds. The maximum atomic E-state index is 15.4. The number of para-hydroxylation sites is 1. The smallest absolute Gasteiger partial charge is 0.327 e. The Morgan fingerprint density at radius 2 is 0.869 bits per heavy atom. The molecule has 15 atom stereocenters. The molecular formula is C82H108N18O20S2. The van der Waals surface area contributed by atoms with E-state index in [1.807, 2.05) is 0 Å². The van der Waals surface area contributed by atoms with Gasteiger partial charge in [0.25, 0.3) is 0 Å². The zero-order valence-corrected chi connectivity index (χ0v) is 68.9. The summed E-state index contributed by atoms with van der Waals surface area (Å²) in [5.74, 6) is -18.1. The average molecular weight is 1730 g/mol. The summed E-state index contributed by atoms with van der Waals surface area (Å²) in [6.45, 7) is 0.429. The zero-order valence-electron chi connectivity index (χ0n) is 67.2. The molecule has 0 aliphatic carbocycles. The number of aliphatic carboxylic acids is 1. The van der Waals surface area contributed by atoms with Crippen LogP contribution in [0.1, 0.15) is 86.6 Å². The van der Waals surface area contributed by atoms with Gasteiger partial charge in [0.1, 0.15) is 78.3 Å². The quantitative estimate of drug-likeness (QED) is 0.0164. The van der Waals surface area contributed by atoms with E-state index in [4.69, 9.17) is 22.9 Å². The number of carboxylic acid groups (broad SMARTS) is 1. The van der Waals surface area contributed by atoms with E-state index in [1.54, 1.807) is 121 Å². The molecule has 1 fully saturated rings. The fourth-order valence-corrected chi connectivity index (χ4v) is 15.2. The van der Waals surface area contributed by atoms with Gasteiger partial charge < -0.3 is 123 Å². The highest BCUT2D eigenvalue weighted by Gasteiger charge is 2.40. The molecule has 1 saturated heterocycles. The van der Waals surface area contributed by atoms with Gasteiger partial charge in [-0.2, -0.15) is 0 Å². The average Bonchev–Trinajstić information content (AvgIpc) is 1.67. The molecule has 6 unspecified atom stereocenters. The fourth-order valence-electron chi connectivity index (χ4n) is 12.9. The molecule has 0 saturated carbocycles. The van der Waals surface area contributed by atoms with E-state index in [-0.39, 0.29) is 83.0 Å². The summed E-state index contributed by atoms with van der Waals surface area (Å²) < 4.78 is 0. The number of primary amides is 1. The normalized spacial score (nSPS) is 23.0. The minimum Gasteiger partial charge on any atom is -0.508 e. The zero-order chi connectivity index (χ0) is 89.0. The van der Waals surface area contributed by atoms with E-state index in [9.17, 15) is 83.1 Å². The van der Waals surface area contributed by atoms with Crippen molar-refractivity contribution < 1.29 is 97.5 Å². The topological polar surface area (TPSA) is 633 Å². The van der Waals surface area contributed by atoms with E-state index in [0.717, 1.165) is 24.6 Å². The number of nitrogens with two attached hydrogens (primary N) is 4. The number of H-pyrrole nitrogens is 1. The molecule has 1 aromatic heterocycles. The first-order chi connectivity index (χ1) is 58.3. The van der Waals surface area contributed by atoms with Crippen LogP contribution < -0.4 is 92.1 Å². The van der Waals surface area contributed by atoms with Crippen molar-refractivity contribution in [1.82, 2.24) is 74.1 Å². The number of nitrogens with one attached hydrogen (secondary N) is 14. The van der Waals surface area contributed by atoms with E-state index >= 15 is 14.4 Å². The maximum absolute atomic E-state index is 15.4. The number of aromatic amines is 1. The van der Waals surface area contributed by atoms with Crippen molar-refractivity contribution in [2.75, 3.05) is 37.7 Å². The number of phenolic OH excluding ortho intramolecular Hbond substituents is 1. The van der Waals surface area contributed by atoms with Gasteiger partial charge in [0, 0.05) is 54.3 Å². The Balaban J connectivity index is 1.30. The molecule has 6 aromatic rings. The highest BCUT2D eigenvalue weighted by molar-refractivity contribution is 8.76. The van der Waals surface area contributed by atoms with Gasteiger partial charge in [-0.05, 0) is 118 Å². The molecule has 658 valence electrons. The lowest BCUT2D eigenvalue weighted by molar-refractivity contribution is -0.142. The number of fused-ring (bicyclic) bond motifs is 1. The van der Waals surface area contributed by atoms with Crippen LogP contribution in [-0.2, 0) is 104 Å². The van der Waals surface area contributed by atoms with Gasteiger partial charge in [-0.1, -0.05) is 143 Å². The molecule has 122 heavy (non-hydrogen) atoms. The largest absolute Gasteiger partial charge is 0.508 e. The third-order valence-corrected chi connectivity index (χ3v) is 22.0. The molecule has 1 aliphatic rings. The van der Waals surface area contributed by atoms with Crippen LogP contribution in [-0.4, -0.2) is 248 Å². The second-order valence-corrected chi connectivity index (χ2v) is 31.8. The van der Waals surface area contributed by atoms with Crippen LogP contribution in [0.15, 0.2) is 146 Å². The summed E-state index contributed by atoms with van der Waals surface area (Å²) >= 11 is 0. The van der Waals surface area contributed by atoms with Crippen LogP contribution in [0.3, 0.4) is 0 Å². The van der Waals surface area contributed by atoms with Crippen LogP contribution in [0.5, 0.6) is 5.75 Å². The highest BCUT2D eigenvalue weighted by Crippen LogP contribution is 2.25. The monoisotopic (exact) mass is 1730 g/mol. The molecule has 0 bridgehead atoms. The van der Waals surface area contributed by atoms with Crippen LogP contribution in [0.4, 0.5) is 0 Å². The molecule has 27 N–H and O–H groups in total. The summed E-state index contributed by atoms with van der Waals surface area (Å²) in [5, 5.41) is 86.2. The van der Waals surface area contributed by atoms with Crippen LogP contribution >= 0.6 is 21.6 Å². The standard InChI is InChI=1S/C82H108N18O20S2/c1-45(102)68-80(117)96-60(37-49-22-10-5-11-23-49)77(114)100-69(46(2)103)81(118)97-63(42-101)78(115)98-65(82(119)120)44-122-121-43-64(89-67(106)41-88-70(107)54(85)34-50-28-30-52(104)31-29-50)79(116)91-56(26-14-16-32-83)71(108)95-62(39-66(86)105)76(113)93-58(35-47-18-6-3-7-19-47)73(110)92-59(36-48-20-8-4-9-21-48)74(111)94-61(38-51-40-87-55-25-13-12-24-53(51)55)75(112)90-57(72(109)99-68)27-15-17-33-84/h3-13,18-25,28-31,40,45-46,54,56-65,68-69,87,101-104H,14-17,26-27,32-39,41-44,83-85H2,1-2H3,(H2,86,105)(H,88,107)(H,89,106)(H,90,112)(H,91,116)(H,92,110)(H,93,113)(H,94,111)(H,95,108)(H,96,117)(H,97,118)(H,98,115)(H,99,109)(H,100,114)(H,119,120)/t45-,46-,54+,56?,57?,58?,59+,60?,61?,62+,63?,64+,65+,68+,69+/m1/s1. The highest BCUT2D eigenvalue weighted by atomic mass is 33.1. The Hall–Kier alpha value is -12.0. The molecule has 7 rings (SSSR count). The van der Waals surface area contributed by atoms with Crippen molar-refractivity contribution in [2.45, 2.75) is 182 Å². The summed E-state index contributed by atoms with van der Waals surface area (Å²) in [6.07, 6.45) is -3.67. The summed E-state index contributed by atoms with van der Waals surface area (Å²) in [5.41, 5.74) is 26.7. The first-order valence-electron chi connectivity index (χ1n) is 39.6. The van der Waals surface area contributed by atoms with Crippen molar-refractivity contribution >= 4 is 121 Å². The number of unbranched alkanes of at least 4 members (excludes halogenated alkanes) is 2. The number of aliphatic hydroxyl groups excluding tert-OH is 3. The Morgan fingerprint density at radius 1 is 0.467 bits per heavy atom. The van der Waals surface area contributed by atoms with Gasteiger partial charge in [0.2, 0.25) is 82.7 Å². The molecule has 40 heteroatoms. The fraction of sp³-hybridized carbons (Fsp3) is 0.427. The lowest BCUT2D eigenvalue weighted by atomic mass is 10.00. The van der Waals surface area contributed by atoms with Crippen molar-refractivity contribution in [3.8, 4) is 5.75 Å². The number of carbonyl (C=O) groups excluding carboxylic acids is 14. The van der Waals surface area contributed by atoms with Crippen molar-refractivity contribution in [3.05, 3.63) is 174 Å². The first kappa shape index (κ1) is 97.1. The summed E-state index contributed by atoms with van der Waals surface area (Å²) in [7, 11) is 1.46. The van der Waals surface area contributed by atoms with Gasteiger partial charge in [0.05, 0.1) is 37.8 Å². The Bertz CT molecular complexity index is 4540. The van der Waals surface area contributed by atoms with Crippen molar-refractivity contribution in [2.24, 2.45) is 22.9 Å². The van der Waals surface area contributed by atoms with E-state index in [2.05, 4.69) is 74.1 Å². The van der Waals surface area contributed by atoms with Crippen molar-refractivity contribution in [3.63, 3.8) is 0 Å². The number of phenols is 1. The van der Waals surface area contributed by atoms with Crippen molar-refractivity contribution in [1.29, 1.82) is 0 Å². The molecule has 0 spiro atoms. The Morgan fingerprint density at radius 3 is 1.34 bits per heavy atom. The molecule has 0 radical (unpaired) electrons. The predicted octanol–water partition coefficient (Wildman–Crippen LogP) is -3.99. The van der Waals surface area contributed by atoms with Crippen LogP contribution in [0.25, 0.3) is 10.9 Å². The lowest BCUT2D eigenvalue weighted by Crippen LogP contribution is -2.63. The second-order valence-electron chi connectivity index (χ2n) is 29.3. The number of rotatable bonds is 28. The van der Waals surface area contributed by atoms with E-state index in [1.165, 1.54) is 24.3 Å². The predicted molar refractivity (Wildman–Crippen MR) is 451 cm³/mol. The SMILES string of the molecule is C[C@@H](O)[C@@H]1NC(=O)C(Cc2ccccc2)NC(=O)[C@H]([C@@H](C)O)NC(=O)C(CCCCN)NC(=O)C(Cc2c[nH]c3ccccc23)NC(=O)[C@H](Cc2ccccc2)NC(=O)C(Cc2ccccc2)NC(=O)[C@H](CC(N)=O)NC(=O)C(CCCCN)NC(=O)[C@@H](NC(=O)CNC(=O)[C@@H](N)Cc2ccc(O)cc2)CSSC[C@@H](C(=O)O)NC(=O)C(CO)NC1=O. The summed E-state index contributed by atoms with van der Waals surface area (Å²) in [6, 6.07) is 14.9. The van der Waals surface area contributed by atoms with Gasteiger partial charge in [-0.3, -0.25) is 67.1 Å². The Labute approximate surface area is 710 Å². The molecular weight excluding hydrogens is 1620 g/mol. The number of aromatic nitrogens is 1. The minimum atomic E-state index is -2.00. The number of benzene rings is 5. The van der Waals surface area contributed by atoms with Crippen LogP contribution in [0.2, 0.25) is 0 Å². The van der Waals surface area contributed by atoms with Crippen LogP contribution in [0, 0.1) is 0 Å². The van der Waals surface area contributed by atoms with Gasteiger partial charge in [-0.25, -0.2) is 4.79 Å². The third kappa shape index (κ3) is 31.5. The number of aromatic hydroxyl groups is 1. The Kier molecular flexibility index (Phi) is 39.5. The molecule has 2 heterocycles. The number of amides is 14. The minimum absolute atomic E-state index is 0.0363. The number of hydrogen-bond donors (Lipinski definition) is 23. The van der Waals surface area contributed by atoms with Gasteiger partial charge >= 0.3 is 5.97 Å².